The molecule has 0 aliphatic carbocycles. The van der Waals surface area contributed by atoms with Gasteiger partial charge in [0.25, 0.3) is 5.91 Å². The van der Waals surface area contributed by atoms with Crippen molar-refractivity contribution in [1.82, 2.24) is 4.90 Å². The summed E-state index contributed by atoms with van der Waals surface area (Å²) in [5.41, 5.74) is 6.22. The van der Waals surface area contributed by atoms with Gasteiger partial charge in [-0.15, -0.1) is 11.3 Å². The number of hydrogen-bond acceptors (Lipinski definition) is 3. The van der Waals surface area contributed by atoms with Crippen LogP contribution in [0.1, 0.15) is 22.2 Å². The number of amides is 1. The summed E-state index contributed by atoms with van der Waals surface area (Å²) in [6.07, 6.45) is 0. The van der Waals surface area contributed by atoms with Crippen LogP contribution < -0.4 is 5.73 Å². The minimum absolute atomic E-state index is 0.167. The van der Waals surface area contributed by atoms with E-state index in [0.717, 1.165) is 8.66 Å². The highest BCUT2D eigenvalue weighted by atomic mass is 79.9. The topological polar surface area (TPSA) is 46.3 Å². The lowest BCUT2D eigenvalue weighted by molar-refractivity contribution is 0.0755. The zero-order valence-corrected chi connectivity index (χ0v) is 13.3. The van der Waals surface area contributed by atoms with Gasteiger partial charge in [-0.2, -0.15) is 0 Å². The highest BCUT2D eigenvalue weighted by Gasteiger charge is 2.18. The van der Waals surface area contributed by atoms with Gasteiger partial charge in [-0.3, -0.25) is 4.79 Å². The molecule has 0 bridgehead atoms. The van der Waals surface area contributed by atoms with Crippen LogP contribution in [0, 0.1) is 5.82 Å². The van der Waals surface area contributed by atoms with Gasteiger partial charge in [0.15, 0.2) is 0 Å². The number of halogens is 2. The molecule has 0 radical (unpaired) electrons. The number of rotatable bonds is 4. The van der Waals surface area contributed by atoms with Crippen LogP contribution in [-0.4, -0.2) is 17.4 Å². The maximum atomic E-state index is 13.0. The average molecular weight is 357 g/mol. The lowest BCUT2D eigenvalue weighted by atomic mass is 10.1. The number of anilines is 1. The molecule has 2 aromatic rings. The van der Waals surface area contributed by atoms with E-state index in [4.69, 9.17) is 5.73 Å². The largest absolute Gasteiger partial charge is 0.398 e. The monoisotopic (exact) mass is 356 g/mol. The molecule has 0 aliphatic rings. The molecule has 2 rings (SSSR count). The van der Waals surface area contributed by atoms with E-state index >= 15 is 0 Å². The third-order valence-corrected chi connectivity index (χ3v) is 4.50. The Balaban J connectivity index is 2.20. The van der Waals surface area contributed by atoms with Crippen LogP contribution in [0.15, 0.2) is 34.1 Å². The van der Waals surface area contributed by atoms with Crippen molar-refractivity contribution in [3.63, 3.8) is 0 Å². The highest BCUT2D eigenvalue weighted by molar-refractivity contribution is 9.11. The molecule has 0 spiro atoms. The fraction of sp³-hybridized carbons (Fsp3) is 0.214. The van der Waals surface area contributed by atoms with Gasteiger partial charge in [-0.05, 0) is 53.2 Å². The van der Waals surface area contributed by atoms with E-state index in [1.54, 1.807) is 16.2 Å². The van der Waals surface area contributed by atoms with Crippen LogP contribution in [0.25, 0.3) is 0 Å². The normalized spacial score (nSPS) is 10.6. The molecule has 0 aliphatic heterocycles. The average Bonchev–Trinajstić information content (AvgIpc) is 2.81. The van der Waals surface area contributed by atoms with Gasteiger partial charge < -0.3 is 10.6 Å². The van der Waals surface area contributed by atoms with Gasteiger partial charge in [0.1, 0.15) is 5.82 Å². The van der Waals surface area contributed by atoms with Gasteiger partial charge in [0.05, 0.1) is 15.9 Å². The first kappa shape index (κ1) is 15.0. The molecule has 1 heterocycles. The lowest BCUT2D eigenvalue weighted by Gasteiger charge is -2.21. The summed E-state index contributed by atoms with van der Waals surface area (Å²) < 4.78 is 14.1. The first-order valence-electron chi connectivity index (χ1n) is 6.09. The van der Waals surface area contributed by atoms with E-state index < -0.39 is 5.82 Å². The Hall–Kier alpha value is -1.40. The number of nitrogens with zero attached hydrogens (tertiary/aromatic N) is 1. The molecule has 0 fully saturated rings. The maximum Gasteiger partial charge on any atom is 0.256 e. The highest BCUT2D eigenvalue weighted by Crippen LogP contribution is 2.24. The molecule has 106 valence electrons. The molecule has 1 aromatic heterocycles. The predicted octanol–water partition coefficient (Wildman–Crippen LogP) is 3.89. The van der Waals surface area contributed by atoms with E-state index in [1.165, 1.54) is 18.2 Å². The van der Waals surface area contributed by atoms with Gasteiger partial charge in [-0.1, -0.05) is 0 Å². The fourth-order valence-electron chi connectivity index (χ4n) is 1.85. The molecule has 3 nitrogen and oxygen atoms in total. The van der Waals surface area contributed by atoms with Crippen molar-refractivity contribution in [2.45, 2.75) is 13.5 Å². The Bertz CT molecular complexity index is 629. The Labute approximate surface area is 129 Å². The standard InChI is InChI=1S/C14H14BrFN2OS/c1-2-18(8-10-4-6-13(15)20-10)14(19)11-5-3-9(16)7-12(11)17/h3-7H,2,8,17H2,1H3. The van der Waals surface area contributed by atoms with E-state index in [-0.39, 0.29) is 11.6 Å². The van der Waals surface area contributed by atoms with Crippen molar-refractivity contribution < 1.29 is 9.18 Å². The summed E-state index contributed by atoms with van der Waals surface area (Å²) in [7, 11) is 0. The quantitative estimate of drug-likeness (QED) is 0.844. The van der Waals surface area contributed by atoms with Gasteiger partial charge in [0.2, 0.25) is 0 Å². The van der Waals surface area contributed by atoms with Crippen molar-refractivity contribution in [2.75, 3.05) is 12.3 Å². The summed E-state index contributed by atoms with van der Waals surface area (Å²) >= 11 is 4.98. The van der Waals surface area contributed by atoms with Crippen molar-refractivity contribution in [3.05, 3.63) is 50.4 Å². The van der Waals surface area contributed by atoms with Gasteiger partial charge >= 0.3 is 0 Å². The summed E-state index contributed by atoms with van der Waals surface area (Å²) in [6.45, 7) is 2.98. The molecule has 20 heavy (non-hydrogen) atoms. The Morgan fingerprint density at radius 1 is 1.40 bits per heavy atom. The second-order valence-corrected chi connectivity index (χ2v) is 6.80. The van der Waals surface area contributed by atoms with E-state index in [1.807, 2.05) is 19.1 Å². The Morgan fingerprint density at radius 3 is 2.70 bits per heavy atom. The van der Waals surface area contributed by atoms with Crippen LogP contribution in [-0.2, 0) is 6.54 Å². The molecule has 1 aromatic carbocycles. The minimum atomic E-state index is -0.440. The predicted molar refractivity (Wildman–Crippen MR) is 83.2 cm³/mol. The molecular formula is C14H14BrFN2OS. The van der Waals surface area contributed by atoms with E-state index in [2.05, 4.69) is 15.9 Å². The molecule has 0 atom stereocenters. The number of benzene rings is 1. The van der Waals surface area contributed by atoms with Crippen molar-refractivity contribution in [3.8, 4) is 0 Å². The summed E-state index contributed by atoms with van der Waals surface area (Å²) in [5.74, 6) is -0.626. The zero-order valence-electron chi connectivity index (χ0n) is 10.9. The lowest BCUT2D eigenvalue weighted by Crippen LogP contribution is -2.30. The first-order chi connectivity index (χ1) is 9.51. The molecule has 0 saturated heterocycles. The van der Waals surface area contributed by atoms with Gasteiger partial charge in [-0.25, -0.2) is 4.39 Å². The van der Waals surface area contributed by atoms with Crippen molar-refractivity contribution in [2.24, 2.45) is 0 Å². The SMILES string of the molecule is CCN(Cc1ccc(Br)s1)C(=O)c1ccc(F)cc1N. The zero-order chi connectivity index (χ0) is 14.7. The number of carbonyl (C=O) groups excluding carboxylic acids is 1. The first-order valence-corrected chi connectivity index (χ1v) is 7.70. The second-order valence-electron chi connectivity index (χ2n) is 4.26. The van der Waals surface area contributed by atoms with Gasteiger partial charge in [0, 0.05) is 17.1 Å². The maximum absolute atomic E-state index is 13.0. The molecule has 0 unspecified atom stereocenters. The number of carbonyl (C=O) groups is 1. The number of nitrogen functional groups attached to an aromatic ring is 1. The van der Waals surface area contributed by atoms with Crippen LogP contribution >= 0.6 is 27.3 Å². The molecule has 6 heteroatoms. The fourth-order valence-corrected chi connectivity index (χ4v) is 3.35. The molecule has 2 N–H and O–H groups in total. The summed E-state index contributed by atoms with van der Waals surface area (Å²) in [5, 5.41) is 0. The van der Waals surface area contributed by atoms with E-state index in [0.29, 0.717) is 18.7 Å². The molecule has 1 amide bonds. The Morgan fingerprint density at radius 2 is 2.15 bits per heavy atom. The smallest absolute Gasteiger partial charge is 0.256 e. The number of hydrogen-bond donors (Lipinski definition) is 1. The van der Waals surface area contributed by atoms with Crippen LogP contribution in [0.5, 0.6) is 0 Å². The third kappa shape index (κ3) is 3.37. The molecular weight excluding hydrogens is 343 g/mol. The second kappa shape index (κ2) is 6.37. The number of thiophene rings is 1. The van der Waals surface area contributed by atoms with E-state index in [9.17, 15) is 9.18 Å². The van der Waals surface area contributed by atoms with Crippen LogP contribution in [0.4, 0.5) is 10.1 Å². The minimum Gasteiger partial charge on any atom is -0.398 e. The van der Waals surface area contributed by atoms with Crippen LogP contribution in [0.2, 0.25) is 0 Å². The summed E-state index contributed by atoms with van der Waals surface area (Å²) in [4.78, 5) is 15.2. The van der Waals surface area contributed by atoms with Crippen molar-refractivity contribution >= 4 is 38.9 Å². The number of nitrogens with two attached hydrogens (primary N) is 1. The third-order valence-electron chi connectivity index (χ3n) is 2.89. The summed E-state index contributed by atoms with van der Waals surface area (Å²) in [6, 6.07) is 7.77. The van der Waals surface area contributed by atoms with Crippen LogP contribution in [0.3, 0.4) is 0 Å². The Kier molecular flexibility index (Phi) is 4.77. The molecule has 0 saturated carbocycles. The van der Waals surface area contributed by atoms with Crippen molar-refractivity contribution in [1.29, 1.82) is 0 Å².